The van der Waals surface area contributed by atoms with Gasteiger partial charge in [0.05, 0.1) is 31.3 Å². The molecule has 2 heterocycles. The summed E-state index contributed by atoms with van der Waals surface area (Å²) in [6, 6.07) is 13.7. The zero-order valence-electron chi connectivity index (χ0n) is 18.0. The molecule has 0 N–H and O–H groups in total. The van der Waals surface area contributed by atoms with Crippen molar-refractivity contribution in [1.29, 1.82) is 0 Å². The maximum atomic E-state index is 12.8. The van der Waals surface area contributed by atoms with Crippen molar-refractivity contribution in [3.63, 3.8) is 0 Å². The number of anilines is 2. The Morgan fingerprint density at radius 1 is 1.27 bits per heavy atom. The molecule has 2 aromatic carbocycles. The van der Waals surface area contributed by atoms with Crippen molar-refractivity contribution in [3.05, 3.63) is 59.9 Å². The third-order valence-electron chi connectivity index (χ3n) is 5.30. The van der Waals surface area contributed by atoms with Crippen molar-refractivity contribution >= 4 is 35.3 Å². The molecular formula is C23H21ClN4O4U. The molecule has 2 amide bonds. The predicted molar refractivity (Wildman–Crippen MR) is 121 cm³/mol. The number of halogens is 1. The second kappa shape index (κ2) is 11.6. The molecule has 3 aromatic rings. The van der Waals surface area contributed by atoms with Crippen LogP contribution in [0, 0.1) is 37.2 Å². The van der Waals surface area contributed by atoms with Gasteiger partial charge in [0, 0.05) is 37.9 Å². The first-order chi connectivity index (χ1) is 15.6. The van der Waals surface area contributed by atoms with E-state index in [1.165, 1.54) is 11.2 Å². The summed E-state index contributed by atoms with van der Waals surface area (Å²) in [6.07, 6.45) is 4.86. The molecule has 168 valence electrons. The van der Waals surface area contributed by atoms with Gasteiger partial charge in [0.2, 0.25) is 5.91 Å². The molecule has 0 bridgehead atoms. The van der Waals surface area contributed by atoms with Gasteiger partial charge in [-0.3, -0.25) is 10.9 Å². The van der Waals surface area contributed by atoms with Crippen molar-refractivity contribution in [1.82, 2.24) is 9.88 Å². The van der Waals surface area contributed by atoms with Gasteiger partial charge in [-0.25, -0.2) is 16.7 Å². The smallest absolute Gasteiger partial charge is 0.495 e. The van der Waals surface area contributed by atoms with Gasteiger partial charge in [-0.2, -0.15) is 12.1 Å². The van der Waals surface area contributed by atoms with Gasteiger partial charge in [0.1, 0.15) is 12.0 Å². The number of aromatic nitrogens is 1. The van der Waals surface area contributed by atoms with E-state index in [-0.39, 0.29) is 43.6 Å². The quantitative estimate of drug-likeness (QED) is 0.281. The minimum Gasteiger partial charge on any atom is -0.495 e. The average molecular weight is 691 g/mol. The van der Waals surface area contributed by atoms with Crippen LogP contribution in [0.4, 0.5) is 11.4 Å². The molecule has 0 radical (unpaired) electrons. The molecule has 0 spiro atoms. The van der Waals surface area contributed by atoms with Crippen LogP contribution in [0.2, 0.25) is 5.02 Å². The first-order valence-electron chi connectivity index (χ1n) is 10.0. The molecule has 1 fully saturated rings. The van der Waals surface area contributed by atoms with Crippen LogP contribution in [0.5, 0.6) is 5.75 Å². The maximum Gasteiger partial charge on any atom is 2.00 e. The van der Waals surface area contributed by atoms with Crippen LogP contribution >= 0.6 is 11.6 Å². The second-order valence-electron chi connectivity index (χ2n) is 7.16. The summed E-state index contributed by atoms with van der Waals surface area (Å²) < 4.78 is 10.5. The summed E-state index contributed by atoms with van der Waals surface area (Å²) in [5, 5.41) is 0.556. The van der Waals surface area contributed by atoms with Crippen molar-refractivity contribution in [2.24, 2.45) is 0 Å². The van der Waals surface area contributed by atoms with Gasteiger partial charge < -0.3 is 28.6 Å². The average Bonchev–Trinajstić information content (AvgIpc) is 3.38. The van der Waals surface area contributed by atoms with E-state index in [1.54, 1.807) is 42.5 Å². The molecule has 8 nitrogen and oxygen atoms in total. The molecular weight excluding hydrogens is 670 g/mol. The molecule has 1 aromatic heterocycles. The van der Waals surface area contributed by atoms with Gasteiger partial charge in [-0.05, 0) is 12.1 Å². The van der Waals surface area contributed by atoms with Gasteiger partial charge in [-0.1, -0.05) is 17.2 Å². The Labute approximate surface area is 220 Å². The molecule has 0 atom stereocenters. The number of benzene rings is 2. The number of rotatable bonds is 7. The van der Waals surface area contributed by atoms with Crippen LogP contribution in [0.3, 0.4) is 0 Å². The number of methoxy groups -OCH3 is 1. The molecule has 4 rings (SSSR count). The first-order valence-corrected chi connectivity index (χ1v) is 10.4. The van der Waals surface area contributed by atoms with Gasteiger partial charge in [-0.15, -0.1) is 0 Å². The zero-order chi connectivity index (χ0) is 22.5. The summed E-state index contributed by atoms with van der Waals surface area (Å²) in [5.74, 6) is 0.929. The van der Waals surface area contributed by atoms with Crippen molar-refractivity contribution in [2.45, 2.75) is 0 Å². The molecule has 1 aliphatic rings. The zero-order valence-corrected chi connectivity index (χ0v) is 22.9. The van der Waals surface area contributed by atoms with Crippen molar-refractivity contribution in [3.8, 4) is 17.2 Å². The van der Waals surface area contributed by atoms with E-state index in [0.717, 1.165) is 11.3 Å². The fourth-order valence-corrected chi connectivity index (χ4v) is 3.74. The van der Waals surface area contributed by atoms with E-state index < -0.39 is 0 Å². The summed E-state index contributed by atoms with van der Waals surface area (Å²) in [6.45, 7) is 2.32. The first kappa shape index (κ1) is 25.2. The summed E-state index contributed by atoms with van der Waals surface area (Å²) in [7, 11) is 1.58. The number of nitrogens with zero attached hydrogens (tertiary/aromatic N) is 4. The fourth-order valence-electron chi connectivity index (χ4n) is 3.54. The summed E-state index contributed by atoms with van der Waals surface area (Å²) in [5.41, 5.74) is 2.17. The van der Waals surface area contributed by atoms with Crippen LogP contribution in [0.1, 0.15) is 0 Å². The Kier molecular flexibility index (Phi) is 8.84. The van der Waals surface area contributed by atoms with Crippen LogP contribution in [-0.2, 0) is 9.59 Å². The van der Waals surface area contributed by atoms with Gasteiger partial charge in [0.15, 0.2) is 5.89 Å². The molecule has 0 aliphatic carbocycles. The van der Waals surface area contributed by atoms with Crippen LogP contribution in [0.15, 0.2) is 53.3 Å². The molecule has 0 saturated carbocycles. The Hall–Kier alpha value is -2.47. The number of ether oxygens (including phenoxy) is 1. The summed E-state index contributed by atoms with van der Waals surface area (Å²) >= 11 is 6.10. The molecule has 10 heteroatoms. The Bertz CT molecular complexity index is 1070. The second-order valence-corrected chi connectivity index (χ2v) is 7.57. The summed E-state index contributed by atoms with van der Waals surface area (Å²) in [4.78, 5) is 33.5. The van der Waals surface area contributed by atoms with Crippen LogP contribution < -0.4 is 14.5 Å². The number of piperazine rings is 1. The van der Waals surface area contributed by atoms with Crippen LogP contribution in [0.25, 0.3) is 11.5 Å². The molecule has 1 saturated heterocycles. The third kappa shape index (κ3) is 5.91. The standard InChI is InChI=1S/C23H21ClN4O4.U/c1-31-21-14-19(6-7-20(21)24)26-9-11-27(12-10-26)22(30)15-28(16-29)18-4-2-17(3-5-18)23-25-8-13-32-23;/h2-4,6-8,13-14H,9-12,15H2,1H3;/q-2;+2. The maximum absolute atomic E-state index is 12.8. The molecule has 33 heavy (non-hydrogen) atoms. The monoisotopic (exact) mass is 690 g/mol. The Balaban J connectivity index is 0.00000306. The van der Waals surface area contributed by atoms with E-state index in [9.17, 15) is 9.59 Å². The topological polar surface area (TPSA) is 79.1 Å². The Morgan fingerprint density at radius 2 is 2.06 bits per heavy atom. The van der Waals surface area contributed by atoms with E-state index in [2.05, 4.69) is 16.0 Å². The minimum atomic E-state index is -0.146. The predicted octanol–water partition coefficient (Wildman–Crippen LogP) is 3.03. The number of hydrogen-bond donors (Lipinski definition) is 0. The van der Waals surface area contributed by atoms with Gasteiger partial charge >= 0.3 is 31.1 Å². The number of amides is 2. The fraction of sp³-hybridized carbons (Fsp3) is 0.261. The van der Waals surface area contributed by atoms with E-state index in [4.69, 9.17) is 20.8 Å². The minimum absolute atomic E-state index is 0. The van der Waals surface area contributed by atoms with Crippen molar-refractivity contribution < 1.29 is 49.9 Å². The number of hydrogen-bond acceptors (Lipinski definition) is 6. The molecule has 1 aliphatic heterocycles. The Morgan fingerprint density at radius 3 is 2.67 bits per heavy atom. The van der Waals surface area contributed by atoms with Gasteiger partial charge in [0.25, 0.3) is 0 Å². The van der Waals surface area contributed by atoms with E-state index in [1.807, 2.05) is 18.5 Å². The largest absolute Gasteiger partial charge is 2.00 e. The number of carbonyl (C=O) groups excluding carboxylic acids is 2. The van der Waals surface area contributed by atoms with Crippen molar-refractivity contribution in [2.75, 3.05) is 49.6 Å². The number of carbonyl (C=O) groups is 1. The SMILES string of the molecule is COc1cc(N2CCN(C(=O)CN([C-]=O)c3[c-]cc(-c4ncco4)cc3)CC2)ccc1Cl.[U+2]. The van der Waals surface area contributed by atoms with E-state index >= 15 is 0 Å². The van der Waals surface area contributed by atoms with E-state index in [0.29, 0.717) is 48.5 Å². The molecule has 0 unspecified atom stereocenters. The van der Waals surface area contributed by atoms with Crippen LogP contribution in [-0.4, -0.2) is 62.0 Å². The third-order valence-corrected chi connectivity index (χ3v) is 5.61. The normalized spacial score (nSPS) is 13.3. The number of oxazole rings is 1.